The Morgan fingerprint density at radius 1 is 1.17 bits per heavy atom. The molecule has 1 aliphatic rings. The van der Waals surface area contributed by atoms with Crippen molar-refractivity contribution in [1.29, 1.82) is 0 Å². The van der Waals surface area contributed by atoms with Gasteiger partial charge in [-0.05, 0) is 29.5 Å². The largest absolute Gasteiger partial charge is 0.396 e. The zero-order chi connectivity index (χ0) is 16.4. The van der Waals surface area contributed by atoms with Crippen LogP contribution in [0, 0.1) is 0 Å². The molecule has 5 nitrogen and oxygen atoms in total. The molecule has 1 aliphatic heterocycles. The highest BCUT2D eigenvalue weighted by molar-refractivity contribution is 7.11. The number of allylic oxidation sites excluding steroid dienone is 1. The predicted molar refractivity (Wildman–Crippen MR) is 95.9 cm³/mol. The molecule has 1 atom stereocenters. The smallest absolute Gasteiger partial charge is 0.226 e. The highest BCUT2D eigenvalue weighted by atomic mass is 32.1. The first-order valence-corrected chi connectivity index (χ1v) is 8.87. The van der Waals surface area contributed by atoms with Crippen LogP contribution >= 0.6 is 11.3 Å². The maximum absolute atomic E-state index is 9.04. The molecule has 3 aromatic rings. The summed E-state index contributed by atoms with van der Waals surface area (Å²) in [5, 5.41) is 19.2. The van der Waals surface area contributed by atoms with E-state index in [0.29, 0.717) is 12.8 Å². The second-order valence-electron chi connectivity index (χ2n) is 5.66. The number of aliphatic hydroxyl groups excluding tert-OH is 1. The predicted octanol–water partition coefficient (Wildman–Crippen LogP) is 3.32. The number of rotatable bonds is 5. The van der Waals surface area contributed by atoms with Crippen molar-refractivity contribution in [1.82, 2.24) is 14.8 Å². The van der Waals surface area contributed by atoms with Crippen LogP contribution in [0.1, 0.15) is 28.7 Å². The average molecular weight is 338 g/mol. The van der Waals surface area contributed by atoms with E-state index in [1.807, 2.05) is 28.9 Å². The highest BCUT2D eigenvalue weighted by Gasteiger charge is 2.25. The fraction of sp³-hybridized carbons (Fsp3) is 0.222. The van der Waals surface area contributed by atoms with Crippen molar-refractivity contribution in [3.8, 4) is 0 Å². The molecule has 2 N–H and O–H groups in total. The van der Waals surface area contributed by atoms with Crippen LogP contribution in [-0.4, -0.2) is 26.5 Å². The lowest BCUT2D eigenvalue weighted by atomic mass is 10.0. The van der Waals surface area contributed by atoms with Gasteiger partial charge in [0.05, 0.1) is 10.6 Å². The molecule has 0 unspecified atom stereocenters. The number of fused-ring (bicyclic) bond motifs is 1. The lowest BCUT2D eigenvalue weighted by Crippen LogP contribution is -2.19. The van der Waals surface area contributed by atoms with Gasteiger partial charge in [0.1, 0.15) is 6.04 Å². The summed E-state index contributed by atoms with van der Waals surface area (Å²) in [6, 6.07) is 14.5. The number of aromatic nitrogens is 3. The number of hydrogen-bond donors (Lipinski definition) is 2. The van der Waals surface area contributed by atoms with Crippen molar-refractivity contribution in [2.75, 3.05) is 11.9 Å². The molecule has 0 bridgehead atoms. The van der Waals surface area contributed by atoms with E-state index in [4.69, 9.17) is 5.11 Å². The minimum absolute atomic E-state index is 0.00919. The molecule has 24 heavy (non-hydrogen) atoms. The molecular weight excluding hydrogens is 320 g/mol. The zero-order valence-corrected chi connectivity index (χ0v) is 13.9. The third kappa shape index (κ3) is 2.86. The standard InChI is InChI=1S/C18H18N4OS/c23-10-4-9-17-20-18-19-14(16-8-5-11-24-16)12-15(22(18)21-17)13-6-2-1-3-7-13/h1-3,5-8,11-12,15,23H,4,9-10H2,(H,19,20,21)/t15-/m1/s1. The van der Waals surface area contributed by atoms with E-state index >= 15 is 0 Å². The molecule has 1 aromatic carbocycles. The van der Waals surface area contributed by atoms with Crippen LogP contribution in [0.2, 0.25) is 0 Å². The van der Waals surface area contributed by atoms with Crippen molar-refractivity contribution in [2.24, 2.45) is 0 Å². The van der Waals surface area contributed by atoms with Gasteiger partial charge < -0.3 is 10.4 Å². The molecule has 0 saturated carbocycles. The third-order valence-electron chi connectivity index (χ3n) is 4.00. The Morgan fingerprint density at radius 2 is 2.04 bits per heavy atom. The Hall–Kier alpha value is -2.44. The monoisotopic (exact) mass is 338 g/mol. The summed E-state index contributed by atoms with van der Waals surface area (Å²) in [5.41, 5.74) is 2.24. The van der Waals surface area contributed by atoms with Gasteiger partial charge in [-0.2, -0.15) is 10.1 Å². The van der Waals surface area contributed by atoms with Gasteiger partial charge in [0, 0.05) is 13.0 Å². The highest BCUT2D eigenvalue weighted by Crippen LogP contribution is 2.33. The summed E-state index contributed by atoms with van der Waals surface area (Å²) >= 11 is 1.70. The van der Waals surface area contributed by atoms with Crippen LogP contribution < -0.4 is 5.32 Å². The van der Waals surface area contributed by atoms with Gasteiger partial charge in [-0.3, -0.25) is 0 Å². The maximum Gasteiger partial charge on any atom is 0.226 e. The quantitative estimate of drug-likeness (QED) is 0.749. The summed E-state index contributed by atoms with van der Waals surface area (Å²) in [6.45, 7) is 0.151. The van der Waals surface area contributed by atoms with Crippen molar-refractivity contribution in [2.45, 2.75) is 18.9 Å². The van der Waals surface area contributed by atoms with Gasteiger partial charge in [-0.25, -0.2) is 4.68 Å². The van der Waals surface area contributed by atoms with Crippen LogP contribution in [0.4, 0.5) is 5.95 Å². The van der Waals surface area contributed by atoms with Gasteiger partial charge in [0.15, 0.2) is 5.82 Å². The summed E-state index contributed by atoms with van der Waals surface area (Å²) < 4.78 is 1.93. The van der Waals surface area contributed by atoms with Gasteiger partial charge in [0.2, 0.25) is 5.95 Å². The molecule has 0 aliphatic carbocycles. The first kappa shape index (κ1) is 15.1. The lowest BCUT2D eigenvalue weighted by molar-refractivity contribution is 0.287. The minimum Gasteiger partial charge on any atom is -0.396 e. The average Bonchev–Trinajstić information content (AvgIpc) is 3.29. The number of aryl methyl sites for hydroxylation is 1. The molecule has 2 aromatic heterocycles. The molecule has 0 saturated heterocycles. The fourth-order valence-electron chi connectivity index (χ4n) is 2.84. The Bertz CT molecular complexity index is 839. The van der Waals surface area contributed by atoms with E-state index in [9.17, 15) is 0 Å². The SMILES string of the molecule is OCCCc1nc2n(n1)[C@@H](c1ccccc1)C=C(c1cccs1)N2. The number of thiophene rings is 1. The van der Waals surface area contributed by atoms with Crippen LogP contribution in [-0.2, 0) is 6.42 Å². The normalized spacial score (nSPS) is 16.4. The maximum atomic E-state index is 9.04. The number of nitrogens with one attached hydrogen (secondary N) is 1. The second kappa shape index (κ2) is 6.59. The number of benzene rings is 1. The van der Waals surface area contributed by atoms with E-state index in [0.717, 1.165) is 17.5 Å². The summed E-state index contributed by atoms with van der Waals surface area (Å²) in [5.74, 6) is 1.51. The molecule has 122 valence electrons. The number of aliphatic hydroxyl groups is 1. The molecule has 3 heterocycles. The summed E-state index contributed by atoms with van der Waals surface area (Å²) in [4.78, 5) is 5.80. The van der Waals surface area contributed by atoms with E-state index in [-0.39, 0.29) is 12.6 Å². The number of nitrogens with zero attached hydrogens (tertiary/aromatic N) is 3. The molecule has 0 radical (unpaired) electrons. The van der Waals surface area contributed by atoms with Crippen molar-refractivity contribution >= 4 is 23.0 Å². The van der Waals surface area contributed by atoms with Crippen molar-refractivity contribution < 1.29 is 5.11 Å². The van der Waals surface area contributed by atoms with E-state index in [2.05, 4.69) is 45.1 Å². The molecule has 6 heteroatoms. The number of anilines is 1. The van der Waals surface area contributed by atoms with E-state index in [1.54, 1.807) is 11.3 Å². The fourth-order valence-corrected chi connectivity index (χ4v) is 3.55. The lowest BCUT2D eigenvalue weighted by Gasteiger charge is -2.23. The Morgan fingerprint density at radius 3 is 2.79 bits per heavy atom. The number of hydrogen-bond acceptors (Lipinski definition) is 5. The Labute approximate surface area is 144 Å². The van der Waals surface area contributed by atoms with Crippen LogP contribution in [0.25, 0.3) is 5.70 Å². The molecule has 4 rings (SSSR count). The second-order valence-corrected chi connectivity index (χ2v) is 6.61. The first-order chi connectivity index (χ1) is 11.8. The summed E-state index contributed by atoms with van der Waals surface area (Å²) in [6.07, 6.45) is 3.54. The van der Waals surface area contributed by atoms with Crippen LogP contribution in [0.3, 0.4) is 0 Å². The van der Waals surface area contributed by atoms with Crippen LogP contribution in [0.5, 0.6) is 0 Å². The Kier molecular flexibility index (Phi) is 4.15. The molecule has 0 amide bonds. The van der Waals surface area contributed by atoms with E-state index in [1.165, 1.54) is 10.4 Å². The summed E-state index contributed by atoms with van der Waals surface area (Å²) in [7, 11) is 0. The van der Waals surface area contributed by atoms with Gasteiger partial charge >= 0.3 is 0 Å². The van der Waals surface area contributed by atoms with Crippen molar-refractivity contribution in [3.63, 3.8) is 0 Å². The molecule has 0 fully saturated rings. The van der Waals surface area contributed by atoms with Gasteiger partial charge in [0.25, 0.3) is 0 Å². The topological polar surface area (TPSA) is 63.0 Å². The molecular formula is C18H18N4OS. The van der Waals surface area contributed by atoms with Crippen LogP contribution in [0.15, 0.2) is 53.9 Å². The first-order valence-electron chi connectivity index (χ1n) is 7.99. The van der Waals surface area contributed by atoms with E-state index < -0.39 is 0 Å². The van der Waals surface area contributed by atoms with Crippen molar-refractivity contribution in [3.05, 3.63) is 70.2 Å². The molecule has 0 spiro atoms. The van der Waals surface area contributed by atoms with Gasteiger partial charge in [-0.1, -0.05) is 36.4 Å². The minimum atomic E-state index is 0.00919. The Balaban J connectivity index is 1.76. The third-order valence-corrected chi connectivity index (χ3v) is 4.90. The van der Waals surface area contributed by atoms with Gasteiger partial charge in [-0.15, -0.1) is 11.3 Å². The zero-order valence-electron chi connectivity index (χ0n) is 13.1.